The number of alkyl halides is 1. The van der Waals surface area contributed by atoms with E-state index in [2.05, 4.69) is 0 Å². The van der Waals surface area contributed by atoms with Crippen molar-refractivity contribution < 1.29 is 23.2 Å². The fourth-order valence-corrected chi connectivity index (χ4v) is 3.58. The molecule has 1 aromatic heterocycles. The Morgan fingerprint density at radius 3 is 2.79 bits per heavy atom. The fourth-order valence-electron chi connectivity index (χ4n) is 1.79. The lowest BCUT2D eigenvalue weighted by atomic mass is 10.1. The molecule has 2 radical (unpaired) electrons. The zero-order chi connectivity index (χ0) is 18.0. The highest BCUT2D eigenvalue weighted by Gasteiger charge is 2.30. The zero-order valence-electron chi connectivity index (χ0n) is 13.6. The number of halogens is 1. The number of hydrogen-bond donors (Lipinski definition) is 0. The predicted molar refractivity (Wildman–Crippen MR) is 91.7 cm³/mol. The molecule has 1 aromatic rings. The van der Waals surface area contributed by atoms with E-state index >= 15 is 0 Å². The van der Waals surface area contributed by atoms with Gasteiger partial charge in [0.1, 0.15) is 23.6 Å². The number of nitrogens with zero attached hydrogens (tertiary/aromatic N) is 2. The van der Waals surface area contributed by atoms with Crippen LogP contribution in [0, 0.1) is 10.1 Å². The Kier molecular flexibility index (Phi) is 9.62. The van der Waals surface area contributed by atoms with Gasteiger partial charge in [0.15, 0.2) is 0 Å². The maximum atomic E-state index is 13.0. The molecule has 0 fully saturated rings. The summed E-state index contributed by atoms with van der Waals surface area (Å²) < 4.78 is 30.4. The van der Waals surface area contributed by atoms with Crippen LogP contribution in [0.4, 0.5) is 5.88 Å². The van der Waals surface area contributed by atoms with E-state index in [-0.39, 0.29) is 25.3 Å². The smallest absolute Gasteiger partial charge is 0.403 e. The van der Waals surface area contributed by atoms with Crippen molar-refractivity contribution in [3.63, 3.8) is 0 Å². The van der Waals surface area contributed by atoms with Gasteiger partial charge in [0, 0.05) is 19.0 Å². The summed E-state index contributed by atoms with van der Waals surface area (Å²) >= 11 is 5.65. The van der Waals surface area contributed by atoms with Gasteiger partial charge >= 0.3 is 5.88 Å². The average molecular weight is 379 g/mol. The van der Waals surface area contributed by atoms with Crippen LogP contribution in [-0.2, 0) is 20.4 Å². The molecule has 8 nitrogen and oxygen atoms in total. The Morgan fingerprint density at radius 1 is 1.46 bits per heavy atom. The van der Waals surface area contributed by atoms with E-state index in [1.54, 1.807) is 11.7 Å². The fraction of sp³-hybridized carbons (Fsp3) is 0.692. The second-order valence-corrected chi connectivity index (χ2v) is 7.86. The minimum Gasteiger partial charge on any atom is -0.403 e. The average Bonchev–Trinajstić information content (AvgIpc) is 3.02. The van der Waals surface area contributed by atoms with Gasteiger partial charge in [-0.3, -0.25) is 14.7 Å². The summed E-state index contributed by atoms with van der Waals surface area (Å²) in [6, 6.07) is 2.63. The molecule has 0 saturated carbocycles. The first-order chi connectivity index (χ1) is 11.4. The molecule has 11 heteroatoms. The molecule has 24 heavy (non-hydrogen) atoms. The first kappa shape index (κ1) is 21.2. The summed E-state index contributed by atoms with van der Waals surface area (Å²) in [7, 11) is 3.76. The van der Waals surface area contributed by atoms with Crippen LogP contribution in [-0.4, -0.2) is 49.9 Å². The molecule has 0 aliphatic carbocycles. The Bertz CT molecular complexity index is 558. The monoisotopic (exact) mass is 378 g/mol. The van der Waals surface area contributed by atoms with Crippen molar-refractivity contribution in [2.24, 2.45) is 0 Å². The van der Waals surface area contributed by atoms with Crippen molar-refractivity contribution in [1.29, 1.82) is 0 Å². The topological polar surface area (TPSA) is 95.0 Å². The highest BCUT2D eigenvalue weighted by atomic mass is 35.5. The van der Waals surface area contributed by atoms with Crippen molar-refractivity contribution >= 4 is 32.9 Å². The number of nitro groups is 1. The molecule has 0 aliphatic heterocycles. The molecule has 1 atom stereocenters. The second kappa shape index (κ2) is 10.9. The molecule has 0 amide bonds. The van der Waals surface area contributed by atoms with Crippen LogP contribution in [0.1, 0.15) is 18.6 Å². The van der Waals surface area contributed by atoms with Crippen molar-refractivity contribution in [2.75, 3.05) is 32.4 Å². The van der Waals surface area contributed by atoms with Gasteiger partial charge in [0.25, 0.3) is 7.52 Å². The molecular weight excluding hydrogens is 357 g/mol. The number of hydrogen-bond acceptors (Lipinski definition) is 6. The third-order valence-electron chi connectivity index (χ3n) is 3.14. The lowest BCUT2D eigenvalue weighted by Gasteiger charge is -2.27. The van der Waals surface area contributed by atoms with Crippen molar-refractivity contribution in [3.05, 3.63) is 28.0 Å². The molecule has 134 valence electrons. The Labute approximate surface area is 147 Å². The normalized spacial score (nSPS) is 14.0. The Hall–Kier alpha value is -0.855. The highest BCUT2D eigenvalue weighted by Crippen LogP contribution is 2.50. The molecule has 0 aliphatic rings. The SMILES string of the molecule is [B]CCOCP(=O)(OCc1ccc([N+](=O)[O-])o1)N(C)CCCCCl. The minimum absolute atomic E-state index is 0.121. The van der Waals surface area contributed by atoms with E-state index in [0.29, 0.717) is 18.7 Å². The van der Waals surface area contributed by atoms with Gasteiger partial charge in [-0.1, -0.05) is 6.32 Å². The van der Waals surface area contributed by atoms with Gasteiger partial charge in [-0.15, -0.1) is 11.6 Å². The van der Waals surface area contributed by atoms with E-state index in [1.165, 1.54) is 12.1 Å². The van der Waals surface area contributed by atoms with Gasteiger partial charge in [-0.05, 0) is 26.0 Å². The third-order valence-corrected chi connectivity index (χ3v) is 5.69. The van der Waals surface area contributed by atoms with Crippen LogP contribution in [0.5, 0.6) is 0 Å². The van der Waals surface area contributed by atoms with Crippen LogP contribution in [0.2, 0.25) is 6.32 Å². The van der Waals surface area contributed by atoms with Crippen molar-refractivity contribution in [2.45, 2.75) is 25.8 Å². The summed E-state index contributed by atoms with van der Waals surface area (Å²) in [4.78, 5) is 9.96. The third kappa shape index (κ3) is 6.95. The largest absolute Gasteiger partial charge is 0.433 e. The molecule has 1 rings (SSSR count). The Morgan fingerprint density at radius 2 is 2.21 bits per heavy atom. The molecule has 1 heterocycles. The molecule has 1 unspecified atom stereocenters. The predicted octanol–water partition coefficient (Wildman–Crippen LogP) is 3.41. The first-order valence-electron chi connectivity index (χ1n) is 7.45. The van der Waals surface area contributed by atoms with Gasteiger partial charge < -0.3 is 13.7 Å². The molecule has 0 N–H and O–H groups in total. The van der Waals surface area contributed by atoms with Crippen LogP contribution < -0.4 is 0 Å². The molecule has 0 spiro atoms. The number of rotatable bonds is 13. The van der Waals surface area contributed by atoms with Gasteiger partial charge in [0.05, 0.1) is 13.9 Å². The molecular formula is C13H21BClN2O6P. The second-order valence-electron chi connectivity index (χ2n) is 5.01. The van der Waals surface area contributed by atoms with Gasteiger partial charge in [0.2, 0.25) is 0 Å². The minimum atomic E-state index is -3.28. The van der Waals surface area contributed by atoms with E-state index in [4.69, 9.17) is 33.1 Å². The quantitative estimate of drug-likeness (QED) is 0.130. The summed E-state index contributed by atoms with van der Waals surface area (Å²) in [5.41, 5.74) is 0. The van der Waals surface area contributed by atoms with Crippen molar-refractivity contribution in [3.8, 4) is 0 Å². The first-order valence-corrected chi connectivity index (χ1v) is 9.74. The van der Waals surface area contributed by atoms with Crippen molar-refractivity contribution in [1.82, 2.24) is 4.67 Å². The lowest BCUT2D eigenvalue weighted by Crippen LogP contribution is -2.21. The van der Waals surface area contributed by atoms with E-state index in [1.807, 2.05) is 0 Å². The van der Waals surface area contributed by atoms with Gasteiger partial charge in [-0.2, -0.15) is 0 Å². The van der Waals surface area contributed by atoms with Crippen LogP contribution in [0.15, 0.2) is 16.5 Å². The molecule has 0 aromatic carbocycles. The molecule has 0 bridgehead atoms. The zero-order valence-corrected chi connectivity index (χ0v) is 15.2. The van der Waals surface area contributed by atoms with Crippen LogP contribution in [0.25, 0.3) is 0 Å². The van der Waals surface area contributed by atoms with E-state index in [9.17, 15) is 14.7 Å². The van der Waals surface area contributed by atoms with Crippen LogP contribution in [0.3, 0.4) is 0 Å². The maximum absolute atomic E-state index is 13.0. The number of furan rings is 1. The Balaban J connectivity index is 2.68. The van der Waals surface area contributed by atoms with Crippen LogP contribution >= 0.6 is 19.1 Å². The maximum Gasteiger partial charge on any atom is 0.433 e. The number of unbranched alkanes of at least 4 members (excludes halogenated alkanes) is 1. The summed E-state index contributed by atoms with van der Waals surface area (Å²) in [6.45, 7) is 0.625. The molecule has 0 saturated heterocycles. The highest BCUT2D eigenvalue weighted by molar-refractivity contribution is 7.56. The summed E-state index contributed by atoms with van der Waals surface area (Å²) in [6.07, 6.45) is 1.74. The summed E-state index contributed by atoms with van der Waals surface area (Å²) in [5.74, 6) is 0.354. The van der Waals surface area contributed by atoms with E-state index in [0.717, 1.165) is 12.8 Å². The standard InChI is InChI=1S/C13H21BClN2O6P/c1-16(8-3-2-7-15)24(20,11-21-9-6-14)22-10-12-4-5-13(23-12)17(18)19/h4-5H,2-3,6-11H2,1H3. The van der Waals surface area contributed by atoms with E-state index < -0.39 is 18.3 Å². The van der Waals surface area contributed by atoms with Gasteiger partial charge in [-0.25, -0.2) is 4.67 Å². The lowest BCUT2D eigenvalue weighted by molar-refractivity contribution is -0.402. The number of ether oxygens (including phenoxy) is 1. The summed E-state index contributed by atoms with van der Waals surface area (Å²) in [5, 5.41) is 10.6.